The van der Waals surface area contributed by atoms with Crippen molar-refractivity contribution in [2.75, 3.05) is 11.4 Å². The van der Waals surface area contributed by atoms with Crippen LogP contribution in [0.1, 0.15) is 27.9 Å². The predicted octanol–water partition coefficient (Wildman–Crippen LogP) is 2.85. The van der Waals surface area contributed by atoms with Gasteiger partial charge in [-0.1, -0.05) is 48.5 Å². The van der Waals surface area contributed by atoms with Crippen LogP contribution in [0, 0.1) is 5.92 Å². The topological polar surface area (TPSA) is 57.6 Å². The van der Waals surface area contributed by atoms with Crippen LogP contribution < -0.4 is 4.90 Å². The van der Waals surface area contributed by atoms with Crippen molar-refractivity contribution in [1.82, 2.24) is 0 Å². The van der Waals surface area contributed by atoms with Gasteiger partial charge in [-0.2, -0.15) is 0 Å². The molecule has 2 aromatic rings. The highest BCUT2D eigenvalue weighted by Crippen LogP contribution is 2.48. The van der Waals surface area contributed by atoms with E-state index in [9.17, 15) is 14.7 Å². The molecule has 25 heavy (non-hydrogen) atoms. The minimum Gasteiger partial charge on any atom is -0.375 e. The van der Waals surface area contributed by atoms with Gasteiger partial charge in [-0.3, -0.25) is 9.59 Å². The molecule has 0 spiro atoms. The Hall–Kier alpha value is -2.72. The number of nitrogens with zero attached hydrogens (tertiary/aromatic N) is 1. The van der Waals surface area contributed by atoms with Gasteiger partial charge >= 0.3 is 0 Å². The molecule has 0 fully saturated rings. The van der Waals surface area contributed by atoms with Crippen molar-refractivity contribution in [2.24, 2.45) is 5.92 Å². The first-order chi connectivity index (χ1) is 12.1. The van der Waals surface area contributed by atoms with Gasteiger partial charge in [0.2, 0.25) is 0 Å². The molecule has 2 aliphatic rings. The van der Waals surface area contributed by atoms with E-state index in [2.05, 4.69) is 6.58 Å². The van der Waals surface area contributed by atoms with E-state index in [4.69, 9.17) is 0 Å². The summed E-state index contributed by atoms with van der Waals surface area (Å²) in [6.07, 6.45) is 2.75. The highest BCUT2D eigenvalue weighted by molar-refractivity contribution is 6.12. The molecule has 0 radical (unpaired) electrons. The Labute approximate surface area is 146 Å². The Morgan fingerprint density at radius 3 is 2.68 bits per heavy atom. The largest absolute Gasteiger partial charge is 0.375 e. The second kappa shape index (κ2) is 5.67. The average molecular weight is 333 g/mol. The summed E-state index contributed by atoms with van der Waals surface area (Å²) in [6.45, 7) is 4.00. The fourth-order valence-corrected chi connectivity index (χ4v) is 4.10. The summed E-state index contributed by atoms with van der Waals surface area (Å²) >= 11 is 0. The summed E-state index contributed by atoms with van der Waals surface area (Å²) in [4.78, 5) is 27.7. The Morgan fingerprint density at radius 1 is 1.16 bits per heavy atom. The molecule has 0 unspecified atom stereocenters. The number of aryl methyl sites for hydroxylation is 1. The number of rotatable bonds is 3. The summed E-state index contributed by atoms with van der Waals surface area (Å²) in [6, 6.07) is 14.6. The van der Waals surface area contributed by atoms with Gasteiger partial charge in [-0.05, 0) is 24.5 Å². The Morgan fingerprint density at radius 2 is 1.88 bits per heavy atom. The number of carbonyl (C=O) groups excluding carboxylic acids is 2. The molecule has 1 amide bonds. The maximum absolute atomic E-state index is 13.1. The maximum Gasteiger partial charge on any atom is 0.264 e. The van der Waals surface area contributed by atoms with Crippen molar-refractivity contribution in [1.29, 1.82) is 0 Å². The Kier molecular flexibility index (Phi) is 3.58. The van der Waals surface area contributed by atoms with Gasteiger partial charge in [-0.25, -0.2) is 0 Å². The Balaban J connectivity index is 1.83. The third-order valence-corrected chi connectivity index (χ3v) is 5.29. The summed E-state index contributed by atoms with van der Waals surface area (Å²) < 4.78 is 0. The second-order valence-electron chi connectivity index (χ2n) is 6.60. The zero-order valence-electron chi connectivity index (χ0n) is 13.8. The highest BCUT2D eigenvalue weighted by atomic mass is 16.3. The number of anilines is 1. The first kappa shape index (κ1) is 15.8. The maximum atomic E-state index is 13.1. The molecule has 4 nitrogen and oxygen atoms in total. The van der Waals surface area contributed by atoms with Crippen LogP contribution in [0.3, 0.4) is 0 Å². The van der Waals surface area contributed by atoms with Gasteiger partial charge < -0.3 is 10.0 Å². The van der Waals surface area contributed by atoms with Crippen LogP contribution in [0.2, 0.25) is 0 Å². The molecular weight excluding hydrogens is 314 g/mol. The number of hydrogen-bond donors (Lipinski definition) is 1. The van der Waals surface area contributed by atoms with E-state index in [0.717, 1.165) is 5.56 Å². The summed E-state index contributed by atoms with van der Waals surface area (Å²) in [5, 5.41) is 11.5. The van der Waals surface area contributed by atoms with Crippen LogP contribution in [0.25, 0.3) is 0 Å². The van der Waals surface area contributed by atoms with E-state index in [1.807, 2.05) is 24.3 Å². The smallest absolute Gasteiger partial charge is 0.264 e. The molecule has 1 aliphatic carbocycles. The molecular formula is C21H19NO3. The lowest BCUT2D eigenvalue weighted by molar-refractivity contribution is -0.140. The SMILES string of the molecule is C=CCN1C(=O)[C@](O)([C@H]2CCc3ccccc3C2=O)c2ccccc21. The number of amides is 1. The number of carbonyl (C=O) groups is 2. The van der Waals surface area contributed by atoms with E-state index in [1.165, 1.54) is 4.90 Å². The van der Waals surface area contributed by atoms with Crippen molar-refractivity contribution in [3.05, 3.63) is 77.9 Å². The molecule has 0 bridgehead atoms. The number of fused-ring (bicyclic) bond motifs is 2. The first-order valence-electron chi connectivity index (χ1n) is 8.46. The number of ketones is 1. The van der Waals surface area contributed by atoms with Crippen molar-refractivity contribution in [3.8, 4) is 0 Å². The van der Waals surface area contributed by atoms with Crippen LogP contribution >= 0.6 is 0 Å². The average Bonchev–Trinajstić information content (AvgIpc) is 2.85. The highest BCUT2D eigenvalue weighted by Gasteiger charge is 2.57. The third kappa shape index (κ3) is 2.11. The van der Waals surface area contributed by atoms with E-state index < -0.39 is 17.4 Å². The monoisotopic (exact) mass is 333 g/mol. The molecule has 126 valence electrons. The van der Waals surface area contributed by atoms with Crippen molar-refractivity contribution >= 4 is 17.4 Å². The van der Waals surface area contributed by atoms with Crippen LogP contribution in [-0.4, -0.2) is 23.3 Å². The lowest BCUT2D eigenvalue weighted by Crippen LogP contribution is -2.49. The fourth-order valence-electron chi connectivity index (χ4n) is 4.10. The normalized spacial score (nSPS) is 24.8. The Bertz CT molecular complexity index is 888. The van der Waals surface area contributed by atoms with Gasteiger partial charge in [0.15, 0.2) is 11.4 Å². The van der Waals surface area contributed by atoms with Crippen molar-refractivity contribution in [2.45, 2.75) is 18.4 Å². The minimum absolute atomic E-state index is 0.159. The fraction of sp³-hybridized carbons (Fsp3) is 0.238. The van der Waals surface area contributed by atoms with E-state index in [1.54, 1.807) is 30.3 Å². The van der Waals surface area contributed by atoms with E-state index in [0.29, 0.717) is 36.2 Å². The molecule has 0 saturated heterocycles. The van der Waals surface area contributed by atoms with E-state index >= 15 is 0 Å². The zero-order valence-corrected chi connectivity index (χ0v) is 13.8. The van der Waals surface area contributed by atoms with Gasteiger partial charge in [-0.15, -0.1) is 6.58 Å². The second-order valence-corrected chi connectivity index (χ2v) is 6.60. The number of hydrogen-bond acceptors (Lipinski definition) is 3. The molecule has 0 aromatic heterocycles. The number of aliphatic hydroxyl groups is 1. The molecule has 2 aromatic carbocycles. The molecule has 4 heteroatoms. The number of para-hydroxylation sites is 1. The lowest BCUT2D eigenvalue weighted by atomic mass is 9.71. The summed E-state index contributed by atoms with van der Waals surface area (Å²) in [7, 11) is 0. The van der Waals surface area contributed by atoms with Crippen LogP contribution in [-0.2, 0) is 16.8 Å². The van der Waals surface area contributed by atoms with Crippen LogP contribution in [0.5, 0.6) is 0 Å². The van der Waals surface area contributed by atoms with Gasteiger partial charge in [0.05, 0.1) is 11.6 Å². The van der Waals surface area contributed by atoms with Crippen LogP contribution in [0.4, 0.5) is 5.69 Å². The summed E-state index contributed by atoms with van der Waals surface area (Å²) in [5.41, 5.74) is 0.944. The first-order valence-corrected chi connectivity index (χ1v) is 8.46. The molecule has 1 aliphatic heterocycles. The van der Waals surface area contributed by atoms with Crippen LogP contribution in [0.15, 0.2) is 61.2 Å². The van der Waals surface area contributed by atoms with Gasteiger partial charge in [0.1, 0.15) is 0 Å². The van der Waals surface area contributed by atoms with Crippen molar-refractivity contribution < 1.29 is 14.7 Å². The van der Waals surface area contributed by atoms with E-state index in [-0.39, 0.29) is 5.78 Å². The molecule has 1 N–H and O–H groups in total. The molecule has 2 atom stereocenters. The predicted molar refractivity (Wildman–Crippen MR) is 95.5 cm³/mol. The lowest BCUT2D eigenvalue weighted by Gasteiger charge is -2.34. The molecule has 4 rings (SSSR count). The van der Waals surface area contributed by atoms with Crippen molar-refractivity contribution in [3.63, 3.8) is 0 Å². The minimum atomic E-state index is -1.82. The molecule has 0 saturated carbocycles. The quantitative estimate of drug-likeness (QED) is 0.879. The zero-order chi connectivity index (χ0) is 17.6. The standard InChI is InChI=1S/C21H19NO3/c1-2-13-22-18-10-6-5-9-16(18)21(25,20(22)24)17-12-11-14-7-3-4-8-15(14)19(17)23/h2-10,17,25H,1,11-13H2/t17-,21+/m0/s1. The number of benzene rings is 2. The van der Waals surface area contributed by atoms with Gasteiger partial charge in [0, 0.05) is 17.7 Å². The number of Topliss-reactive ketones (excluding diaryl/α,β-unsaturated/α-hetero) is 1. The summed E-state index contributed by atoms with van der Waals surface area (Å²) in [5.74, 6) is -1.37. The molecule has 1 heterocycles. The van der Waals surface area contributed by atoms with Gasteiger partial charge in [0.25, 0.3) is 5.91 Å². The third-order valence-electron chi connectivity index (χ3n) is 5.29.